The fraction of sp³-hybridized carbons (Fsp3) is 0.733. The summed E-state index contributed by atoms with van der Waals surface area (Å²) in [5.74, 6) is 3.53. The van der Waals surface area contributed by atoms with Gasteiger partial charge in [0.15, 0.2) is 0 Å². The minimum atomic E-state index is 0.758. The molecule has 0 saturated carbocycles. The zero-order chi connectivity index (χ0) is 14.4. The van der Waals surface area contributed by atoms with E-state index in [-0.39, 0.29) is 0 Å². The van der Waals surface area contributed by atoms with Crippen LogP contribution in [0.1, 0.15) is 32.0 Å². The van der Waals surface area contributed by atoms with Crippen molar-refractivity contribution in [3.63, 3.8) is 0 Å². The van der Waals surface area contributed by atoms with Gasteiger partial charge in [0, 0.05) is 26.1 Å². The highest BCUT2D eigenvalue weighted by Gasteiger charge is 2.16. The van der Waals surface area contributed by atoms with E-state index < -0.39 is 0 Å². The van der Waals surface area contributed by atoms with Gasteiger partial charge in [0.1, 0.15) is 17.5 Å². The van der Waals surface area contributed by atoms with Crippen LogP contribution in [0, 0.1) is 5.92 Å². The summed E-state index contributed by atoms with van der Waals surface area (Å²) in [6.07, 6.45) is 4.55. The third-order valence-corrected chi connectivity index (χ3v) is 3.91. The maximum atomic E-state index is 4.60. The maximum Gasteiger partial charge on any atom is 0.133 e. The Balaban J connectivity index is 1.92. The smallest absolute Gasteiger partial charge is 0.133 e. The molecule has 2 heterocycles. The van der Waals surface area contributed by atoms with Gasteiger partial charge in [0.05, 0.1) is 0 Å². The molecule has 0 atom stereocenters. The highest BCUT2D eigenvalue weighted by atomic mass is 15.1. The Morgan fingerprint density at radius 3 is 2.60 bits per heavy atom. The van der Waals surface area contributed by atoms with Gasteiger partial charge in [-0.1, -0.05) is 6.92 Å². The van der Waals surface area contributed by atoms with Gasteiger partial charge in [0.25, 0.3) is 0 Å². The van der Waals surface area contributed by atoms with Crippen LogP contribution in [0.2, 0.25) is 0 Å². The van der Waals surface area contributed by atoms with Crippen molar-refractivity contribution in [2.24, 2.45) is 5.92 Å². The van der Waals surface area contributed by atoms with Crippen LogP contribution < -0.4 is 10.6 Å². The molecule has 1 saturated heterocycles. The molecule has 112 valence electrons. The number of aromatic nitrogens is 2. The van der Waals surface area contributed by atoms with E-state index in [2.05, 4.69) is 39.5 Å². The predicted octanol–water partition coefficient (Wildman–Crippen LogP) is 2.22. The summed E-state index contributed by atoms with van der Waals surface area (Å²) in [7, 11) is 4.10. The first-order valence-electron chi connectivity index (χ1n) is 7.69. The van der Waals surface area contributed by atoms with E-state index in [1.807, 2.05) is 13.1 Å². The fourth-order valence-corrected chi connectivity index (χ4v) is 2.57. The van der Waals surface area contributed by atoms with Gasteiger partial charge < -0.3 is 15.5 Å². The molecule has 0 spiro atoms. The number of nitrogens with zero attached hydrogens (tertiary/aromatic N) is 3. The molecular weight excluding hydrogens is 250 g/mol. The van der Waals surface area contributed by atoms with Gasteiger partial charge in [-0.15, -0.1) is 0 Å². The lowest BCUT2D eigenvalue weighted by atomic mass is 9.97. The molecule has 5 heteroatoms. The number of piperidine rings is 1. The Hall–Kier alpha value is -1.36. The molecule has 0 unspecified atom stereocenters. The molecule has 1 fully saturated rings. The number of aryl methyl sites for hydroxylation is 1. The van der Waals surface area contributed by atoms with Crippen molar-refractivity contribution in [3.05, 3.63) is 11.9 Å². The van der Waals surface area contributed by atoms with Crippen molar-refractivity contribution in [1.29, 1.82) is 0 Å². The Labute approximate surface area is 122 Å². The van der Waals surface area contributed by atoms with Crippen molar-refractivity contribution < 1.29 is 0 Å². The van der Waals surface area contributed by atoms with E-state index in [0.29, 0.717) is 0 Å². The van der Waals surface area contributed by atoms with Crippen LogP contribution in [0.25, 0.3) is 0 Å². The second-order valence-electron chi connectivity index (χ2n) is 5.68. The average Bonchev–Trinajstić information content (AvgIpc) is 2.47. The van der Waals surface area contributed by atoms with Crippen LogP contribution in [0.4, 0.5) is 11.6 Å². The largest absolute Gasteiger partial charge is 0.373 e. The number of hydrogen-bond acceptors (Lipinski definition) is 5. The van der Waals surface area contributed by atoms with Gasteiger partial charge in [-0.25, -0.2) is 9.97 Å². The molecule has 2 rings (SSSR count). The van der Waals surface area contributed by atoms with E-state index in [4.69, 9.17) is 0 Å². The highest BCUT2D eigenvalue weighted by molar-refractivity contribution is 5.47. The Morgan fingerprint density at radius 1 is 1.25 bits per heavy atom. The van der Waals surface area contributed by atoms with Gasteiger partial charge in [0.2, 0.25) is 0 Å². The van der Waals surface area contributed by atoms with Crippen molar-refractivity contribution in [3.8, 4) is 0 Å². The van der Waals surface area contributed by atoms with Crippen molar-refractivity contribution in [1.82, 2.24) is 14.9 Å². The normalized spacial score (nSPS) is 17.1. The first-order chi connectivity index (χ1) is 9.71. The monoisotopic (exact) mass is 277 g/mol. The SMILES string of the molecule is CCCc1nc(NC)cc(NCC2CCN(C)CC2)n1. The first-order valence-corrected chi connectivity index (χ1v) is 7.69. The van der Waals surface area contributed by atoms with Crippen LogP contribution in [0.5, 0.6) is 0 Å². The third-order valence-electron chi connectivity index (χ3n) is 3.91. The quantitative estimate of drug-likeness (QED) is 0.835. The van der Waals surface area contributed by atoms with Gasteiger partial charge >= 0.3 is 0 Å². The molecule has 1 aromatic heterocycles. The number of anilines is 2. The van der Waals surface area contributed by atoms with Crippen molar-refractivity contribution in [2.75, 3.05) is 44.4 Å². The topological polar surface area (TPSA) is 53.1 Å². The summed E-state index contributed by atoms with van der Waals surface area (Å²) in [4.78, 5) is 11.5. The number of hydrogen-bond donors (Lipinski definition) is 2. The van der Waals surface area contributed by atoms with Gasteiger partial charge in [-0.2, -0.15) is 0 Å². The molecule has 20 heavy (non-hydrogen) atoms. The molecule has 5 nitrogen and oxygen atoms in total. The lowest BCUT2D eigenvalue weighted by Gasteiger charge is -2.29. The van der Waals surface area contributed by atoms with E-state index in [1.165, 1.54) is 25.9 Å². The van der Waals surface area contributed by atoms with Crippen molar-refractivity contribution >= 4 is 11.6 Å². The molecule has 0 bridgehead atoms. The van der Waals surface area contributed by atoms with Crippen LogP contribution in [0.15, 0.2) is 6.07 Å². The van der Waals surface area contributed by atoms with Gasteiger partial charge in [-0.05, 0) is 45.3 Å². The molecule has 1 aliphatic heterocycles. The van der Waals surface area contributed by atoms with E-state index in [0.717, 1.165) is 42.8 Å². The molecule has 1 aromatic rings. The van der Waals surface area contributed by atoms with E-state index in [1.54, 1.807) is 0 Å². The molecular formula is C15H27N5. The van der Waals surface area contributed by atoms with E-state index in [9.17, 15) is 0 Å². The summed E-state index contributed by atoms with van der Waals surface area (Å²) in [6.45, 7) is 5.58. The van der Waals surface area contributed by atoms with E-state index >= 15 is 0 Å². The van der Waals surface area contributed by atoms with Crippen LogP contribution >= 0.6 is 0 Å². The summed E-state index contributed by atoms with van der Waals surface area (Å²) in [5, 5.41) is 6.61. The fourth-order valence-electron chi connectivity index (χ4n) is 2.57. The minimum Gasteiger partial charge on any atom is -0.373 e. The Morgan fingerprint density at radius 2 is 1.95 bits per heavy atom. The number of nitrogens with one attached hydrogen (secondary N) is 2. The molecule has 0 aromatic carbocycles. The molecule has 0 amide bonds. The molecule has 0 aliphatic carbocycles. The zero-order valence-corrected chi connectivity index (χ0v) is 12.9. The average molecular weight is 277 g/mol. The lowest BCUT2D eigenvalue weighted by molar-refractivity contribution is 0.226. The molecule has 0 radical (unpaired) electrons. The standard InChI is InChI=1S/C15H27N5/c1-4-5-13-18-14(16-2)10-15(19-13)17-11-12-6-8-20(3)9-7-12/h10,12H,4-9,11H2,1-3H3,(H2,16,17,18,19). The summed E-state index contributed by atoms with van der Waals surface area (Å²) in [6, 6.07) is 1.99. The number of rotatable bonds is 6. The van der Waals surface area contributed by atoms with Crippen LogP contribution in [-0.2, 0) is 6.42 Å². The maximum absolute atomic E-state index is 4.60. The second kappa shape index (κ2) is 7.43. The highest BCUT2D eigenvalue weighted by Crippen LogP contribution is 2.18. The van der Waals surface area contributed by atoms with Gasteiger partial charge in [-0.3, -0.25) is 0 Å². The Bertz CT molecular complexity index is 413. The summed E-state index contributed by atoms with van der Waals surface area (Å²) < 4.78 is 0. The summed E-state index contributed by atoms with van der Waals surface area (Å²) >= 11 is 0. The predicted molar refractivity (Wildman–Crippen MR) is 84.3 cm³/mol. The van der Waals surface area contributed by atoms with Crippen LogP contribution in [-0.4, -0.2) is 48.6 Å². The zero-order valence-electron chi connectivity index (χ0n) is 12.9. The summed E-state index contributed by atoms with van der Waals surface area (Å²) in [5.41, 5.74) is 0. The van der Waals surface area contributed by atoms with Crippen LogP contribution in [0.3, 0.4) is 0 Å². The van der Waals surface area contributed by atoms with Crippen molar-refractivity contribution in [2.45, 2.75) is 32.6 Å². The second-order valence-corrected chi connectivity index (χ2v) is 5.68. The molecule has 1 aliphatic rings. The molecule has 2 N–H and O–H groups in total. The third kappa shape index (κ3) is 4.34. The number of likely N-dealkylation sites (tertiary alicyclic amines) is 1. The minimum absolute atomic E-state index is 0.758. The lowest BCUT2D eigenvalue weighted by Crippen LogP contribution is -2.33. The Kier molecular flexibility index (Phi) is 5.59. The first kappa shape index (κ1) is 15.0.